The second-order valence-electron chi connectivity index (χ2n) is 5.53. The average molecular weight is 341 g/mol. The molecule has 3 rings (SSSR count). The smallest absolute Gasteiger partial charge is 0.266 e. The van der Waals surface area contributed by atoms with Gasteiger partial charge in [0.2, 0.25) is 5.82 Å². The van der Waals surface area contributed by atoms with Gasteiger partial charge in [-0.25, -0.2) is 9.02 Å². The van der Waals surface area contributed by atoms with E-state index in [2.05, 4.69) is 15.6 Å². The summed E-state index contributed by atoms with van der Waals surface area (Å²) >= 11 is 0. The van der Waals surface area contributed by atoms with Gasteiger partial charge in [0.15, 0.2) is 11.8 Å². The highest BCUT2D eigenvalue weighted by molar-refractivity contribution is 5.95. The van der Waals surface area contributed by atoms with Gasteiger partial charge in [-0.15, -0.1) is 0 Å². The van der Waals surface area contributed by atoms with Gasteiger partial charge in [0.25, 0.3) is 5.91 Å². The molecule has 0 spiro atoms. The van der Waals surface area contributed by atoms with E-state index in [1.165, 1.54) is 24.3 Å². The monoisotopic (exact) mass is 341 g/mol. The number of aryl methyl sites for hydroxylation is 1. The minimum atomic E-state index is -0.812. The maximum atomic E-state index is 12.9. The molecule has 0 bridgehead atoms. The van der Waals surface area contributed by atoms with E-state index in [0.717, 1.165) is 11.1 Å². The molecule has 1 atom stereocenters. The number of nitrogens with zero attached hydrogens (tertiary/aromatic N) is 2. The zero-order valence-electron chi connectivity index (χ0n) is 13.7. The van der Waals surface area contributed by atoms with Gasteiger partial charge < -0.3 is 10.1 Å². The molecule has 0 fully saturated rings. The number of ether oxygens (including phenoxy) is 1. The summed E-state index contributed by atoms with van der Waals surface area (Å²) in [6, 6.07) is 13.0. The van der Waals surface area contributed by atoms with Gasteiger partial charge in [0, 0.05) is 5.56 Å². The lowest BCUT2D eigenvalue weighted by Gasteiger charge is -2.13. The fraction of sp³-hybridized carbons (Fsp3) is 0.167. The topological polar surface area (TPSA) is 77.3 Å². The normalized spacial score (nSPS) is 11.8. The molecule has 7 heteroatoms. The number of carbonyl (C=O) groups excluding carboxylic acids is 1. The van der Waals surface area contributed by atoms with Crippen molar-refractivity contribution >= 4 is 11.7 Å². The fourth-order valence-corrected chi connectivity index (χ4v) is 2.16. The Morgan fingerprint density at radius 2 is 1.80 bits per heavy atom. The number of halogens is 1. The van der Waals surface area contributed by atoms with Gasteiger partial charge in [0.1, 0.15) is 11.6 Å². The molecule has 0 saturated carbocycles. The van der Waals surface area contributed by atoms with Crippen molar-refractivity contribution in [3.05, 3.63) is 59.9 Å². The summed E-state index contributed by atoms with van der Waals surface area (Å²) in [7, 11) is 0. The third kappa shape index (κ3) is 4.00. The first-order valence-corrected chi connectivity index (χ1v) is 7.65. The van der Waals surface area contributed by atoms with E-state index in [1.807, 2.05) is 31.2 Å². The summed E-state index contributed by atoms with van der Waals surface area (Å²) in [5.74, 6) is -0.196. The van der Waals surface area contributed by atoms with Gasteiger partial charge in [-0.3, -0.25) is 4.79 Å². The predicted octanol–water partition coefficient (Wildman–Crippen LogP) is 3.59. The van der Waals surface area contributed by atoms with E-state index in [4.69, 9.17) is 9.37 Å². The van der Waals surface area contributed by atoms with Crippen LogP contribution in [0.2, 0.25) is 0 Å². The van der Waals surface area contributed by atoms with E-state index < -0.39 is 12.0 Å². The van der Waals surface area contributed by atoms with Crippen molar-refractivity contribution < 1.29 is 18.6 Å². The summed E-state index contributed by atoms with van der Waals surface area (Å²) < 4.78 is 23.1. The Morgan fingerprint density at radius 1 is 1.12 bits per heavy atom. The summed E-state index contributed by atoms with van der Waals surface area (Å²) in [5.41, 5.74) is 2.31. The molecule has 1 heterocycles. The van der Waals surface area contributed by atoms with Crippen LogP contribution in [-0.4, -0.2) is 22.3 Å². The highest BCUT2D eigenvalue weighted by atomic mass is 19.1. The van der Waals surface area contributed by atoms with Crippen LogP contribution in [0.5, 0.6) is 5.75 Å². The molecule has 3 aromatic rings. The third-order valence-electron chi connectivity index (χ3n) is 3.55. The maximum absolute atomic E-state index is 12.9. The van der Waals surface area contributed by atoms with E-state index in [-0.39, 0.29) is 11.6 Å². The first-order valence-electron chi connectivity index (χ1n) is 7.65. The van der Waals surface area contributed by atoms with Gasteiger partial charge in [0.05, 0.1) is 0 Å². The molecule has 1 amide bonds. The standard InChI is InChI=1S/C18H16FN3O3/c1-11-3-5-13(6-4-11)16-17(22-25-21-16)20-18(23)12(2)24-15-9-7-14(19)8-10-15/h3-10,12H,1-2H3,(H,20,22,23)/t12-/m1/s1. The Hall–Kier alpha value is -3.22. The quantitative estimate of drug-likeness (QED) is 0.767. The van der Waals surface area contributed by atoms with E-state index in [0.29, 0.717) is 11.4 Å². The van der Waals surface area contributed by atoms with Crippen LogP contribution in [0, 0.1) is 12.7 Å². The number of amides is 1. The van der Waals surface area contributed by atoms with Gasteiger partial charge in [-0.05, 0) is 48.4 Å². The Balaban J connectivity index is 1.70. The van der Waals surface area contributed by atoms with Gasteiger partial charge in [-0.2, -0.15) is 0 Å². The zero-order valence-corrected chi connectivity index (χ0v) is 13.7. The van der Waals surface area contributed by atoms with E-state index in [1.54, 1.807) is 6.92 Å². The van der Waals surface area contributed by atoms with Crippen LogP contribution >= 0.6 is 0 Å². The molecule has 6 nitrogen and oxygen atoms in total. The highest BCUT2D eigenvalue weighted by Gasteiger charge is 2.20. The summed E-state index contributed by atoms with van der Waals surface area (Å²) in [4.78, 5) is 12.3. The molecular formula is C18H16FN3O3. The molecule has 0 radical (unpaired) electrons. The lowest BCUT2D eigenvalue weighted by molar-refractivity contribution is -0.122. The van der Waals surface area contributed by atoms with Crippen LogP contribution in [0.1, 0.15) is 12.5 Å². The number of nitrogens with one attached hydrogen (secondary N) is 1. The van der Waals surface area contributed by atoms with Crippen LogP contribution in [0.3, 0.4) is 0 Å². The second kappa shape index (κ2) is 7.12. The van der Waals surface area contributed by atoms with Crippen LogP contribution in [0.25, 0.3) is 11.3 Å². The van der Waals surface area contributed by atoms with Crippen LogP contribution in [0.4, 0.5) is 10.2 Å². The molecule has 128 valence electrons. The van der Waals surface area contributed by atoms with Crippen LogP contribution in [0.15, 0.2) is 53.2 Å². The molecule has 1 N–H and O–H groups in total. The van der Waals surface area contributed by atoms with Crippen molar-refractivity contribution in [3.63, 3.8) is 0 Å². The Bertz CT molecular complexity index is 860. The molecule has 0 unspecified atom stereocenters. The Kier molecular flexibility index (Phi) is 4.74. The summed E-state index contributed by atoms with van der Waals surface area (Å²) in [5, 5.41) is 10.2. The highest BCUT2D eigenvalue weighted by Crippen LogP contribution is 2.25. The van der Waals surface area contributed by atoms with Crippen molar-refractivity contribution in [3.8, 4) is 17.0 Å². The Labute approximate surface area is 143 Å². The number of hydrogen-bond acceptors (Lipinski definition) is 5. The Morgan fingerprint density at radius 3 is 2.48 bits per heavy atom. The van der Waals surface area contributed by atoms with Gasteiger partial charge in [-0.1, -0.05) is 29.8 Å². The molecular weight excluding hydrogens is 325 g/mol. The van der Waals surface area contributed by atoms with Gasteiger partial charge >= 0.3 is 0 Å². The lowest BCUT2D eigenvalue weighted by Crippen LogP contribution is -2.30. The molecule has 0 aliphatic carbocycles. The van der Waals surface area contributed by atoms with Crippen molar-refractivity contribution in [2.45, 2.75) is 20.0 Å². The lowest BCUT2D eigenvalue weighted by atomic mass is 10.1. The second-order valence-corrected chi connectivity index (χ2v) is 5.53. The maximum Gasteiger partial charge on any atom is 0.266 e. The van der Waals surface area contributed by atoms with Crippen molar-refractivity contribution in [1.29, 1.82) is 0 Å². The molecule has 0 aliphatic heterocycles. The number of hydrogen-bond donors (Lipinski definition) is 1. The summed E-state index contributed by atoms with van der Waals surface area (Å²) in [6.45, 7) is 3.56. The minimum absolute atomic E-state index is 0.211. The third-order valence-corrected chi connectivity index (χ3v) is 3.55. The van der Waals surface area contributed by atoms with Crippen molar-refractivity contribution in [2.75, 3.05) is 5.32 Å². The molecule has 2 aromatic carbocycles. The molecule has 0 aliphatic rings. The number of carbonyl (C=O) groups is 1. The van der Waals surface area contributed by atoms with Crippen molar-refractivity contribution in [1.82, 2.24) is 10.3 Å². The van der Waals surface area contributed by atoms with Crippen LogP contribution < -0.4 is 10.1 Å². The van der Waals surface area contributed by atoms with Crippen molar-refractivity contribution in [2.24, 2.45) is 0 Å². The van der Waals surface area contributed by atoms with Crippen LogP contribution in [-0.2, 0) is 4.79 Å². The number of anilines is 1. The predicted molar refractivity (Wildman–Crippen MR) is 89.6 cm³/mol. The zero-order chi connectivity index (χ0) is 17.8. The summed E-state index contributed by atoms with van der Waals surface area (Å²) in [6.07, 6.45) is -0.812. The first kappa shape index (κ1) is 16.6. The average Bonchev–Trinajstić information content (AvgIpc) is 3.05. The molecule has 1 aromatic heterocycles. The molecule has 25 heavy (non-hydrogen) atoms. The number of aromatic nitrogens is 2. The minimum Gasteiger partial charge on any atom is -0.481 e. The number of rotatable bonds is 5. The fourth-order valence-electron chi connectivity index (χ4n) is 2.16. The SMILES string of the molecule is Cc1ccc(-c2nonc2NC(=O)[C@@H](C)Oc2ccc(F)cc2)cc1. The largest absolute Gasteiger partial charge is 0.481 e. The van der Waals surface area contributed by atoms with E-state index >= 15 is 0 Å². The van der Waals surface area contributed by atoms with E-state index in [9.17, 15) is 9.18 Å². The molecule has 0 saturated heterocycles. The number of benzene rings is 2. The first-order chi connectivity index (χ1) is 12.0.